The average molecular weight is 281 g/mol. The fourth-order valence-corrected chi connectivity index (χ4v) is 2.96. The molecule has 0 aromatic heterocycles. The molecule has 0 atom stereocenters. The number of hydrogen-bond donors (Lipinski definition) is 2. The predicted octanol–water partition coefficient (Wildman–Crippen LogP) is 3.83. The highest BCUT2D eigenvalue weighted by Gasteiger charge is 2.16. The summed E-state index contributed by atoms with van der Waals surface area (Å²) in [6, 6.07) is 11.1. The van der Waals surface area contributed by atoms with Crippen molar-refractivity contribution in [2.75, 3.05) is 5.32 Å². The lowest BCUT2D eigenvalue weighted by Gasteiger charge is -2.20. The van der Waals surface area contributed by atoms with Gasteiger partial charge in [0.2, 0.25) is 0 Å². The maximum atomic E-state index is 12.5. The van der Waals surface area contributed by atoms with Crippen LogP contribution in [0.25, 0.3) is 0 Å². The fourth-order valence-electron chi connectivity index (χ4n) is 2.96. The summed E-state index contributed by atoms with van der Waals surface area (Å²) in [7, 11) is 0. The van der Waals surface area contributed by atoms with Gasteiger partial charge >= 0.3 is 0 Å². The van der Waals surface area contributed by atoms with Crippen molar-refractivity contribution in [3.05, 3.63) is 58.7 Å². The first-order chi connectivity index (χ1) is 10.2. The Morgan fingerprint density at radius 2 is 1.86 bits per heavy atom. The van der Waals surface area contributed by atoms with Crippen molar-refractivity contribution in [1.82, 2.24) is 0 Å². The van der Waals surface area contributed by atoms with Crippen LogP contribution in [0.3, 0.4) is 0 Å². The molecule has 0 radical (unpaired) electrons. The zero-order valence-corrected chi connectivity index (χ0v) is 12.1. The Bertz CT molecular complexity index is 692. The van der Waals surface area contributed by atoms with E-state index in [1.54, 1.807) is 25.1 Å². The number of phenols is 1. The highest BCUT2D eigenvalue weighted by atomic mass is 16.3. The van der Waals surface area contributed by atoms with Gasteiger partial charge in [-0.1, -0.05) is 18.2 Å². The second kappa shape index (κ2) is 5.60. The monoisotopic (exact) mass is 281 g/mol. The molecule has 2 aromatic rings. The number of amides is 1. The number of carbonyl (C=O) groups excluding carboxylic acids is 1. The number of anilines is 1. The molecule has 3 heteroatoms. The van der Waals surface area contributed by atoms with Crippen molar-refractivity contribution < 1.29 is 9.90 Å². The molecule has 1 aliphatic carbocycles. The molecule has 0 saturated carbocycles. The third-order valence-corrected chi connectivity index (χ3v) is 4.19. The van der Waals surface area contributed by atoms with Crippen LogP contribution in [-0.4, -0.2) is 11.0 Å². The number of hydrogen-bond acceptors (Lipinski definition) is 2. The Morgan fingerprint density at radius 3 is 2.71 bits per heavy atom. The number of phenolic OH excluding ortho intramolecular Hbond substituents is 1. The molecule has 3 rings (SSSR count). The van der Waals surface area contributed by atoms with Gasteiger partial charge in [-0.05, 0) is 61.9 Å². The summed E-state index contributed by atoms with van der Waals surface area (Å²) in [5.41, 5.74) is 4.63. The lowest BCUT2D eigenvalue weighted by molar-refractivity contribution is 0.102. The van der Waals surface area contributed by atoms with Gasteiger partial charge in [-0.2, -0.15) is 0 Å². The van der Waals surface area contributed by atoms with E-state index in [0.717, 1.165) is 18.5 Å². The van der Waals surface area contributed by atoms with Gasteiger partial charge < -0.3 is 10.4 Å². The molecule has 108 valence electrons. The number of fused-ring (bicyclic) bond motifs is 1. The van der Waals surface area contributed by atoms with Crippen LogP contribution in [-0.2, 0) is 12.8 Å². The molecule has 0 aliphatic heterocycles. The summed E-state index contributed by atoms with van der Waals surface area (Å²) < 4.78 is 0. The second-order valence-corrected chi connectivity index (χ2v) is 5.55. The minimum atomic E-state index is -0.164. The third kappa shape index (κ3) is 2.64. The van der Waals surface area contributed by atoms with Crippen molar-refractivity contribution in [1.29, 1.82) is 0 Å². The molecule has 2 N–H and O–H groups in total. The Balaban J connectivity index is 1.90. The normalized spacial score (nSPS) is 13.6. The number of aromatic hydroxyl groups is 1. The van der Waals surface area contributed by atoms with Crippen molar-refractivity contribution >= 4 is 11.6 Å². The smallest absolute Gasteiger partial charge is 0.256 e. The van der Waals surface area contributed by atoms with Gasteiger partial charge in [0, 0.05) is 16.8 Å². The van der Waals surface area contributed by atoms with Crippen LogP contribution in [0.1, 0.15) is 39.9 Å². The Kier molecular flexibility index (Phi) is 3.65. The molecule has 0 unspecified atom stereocenters. The SMILES string of the molecule is Cc1c(O)cccc1C(=O)Nc1cccc2c1CCCC2. The zero-order chi connectivity index (χ0) is 14.8. The summed E-state index contributed by atoms with van der Waals surface area (Å²) in [6.45, 7) is 1.75. The van der Waals surface area contributed by atoms with Crippen LogP contribution in [0, 0.1) is 6.92 Å². The zero-order valence-electron chi connectivity index (χ0n) is 12.1. The highest BCUT2D eigenvalue weighted by molar-refractivity contribution is 6.06. The maximum absolute atomic E-state index is 12.5. The summed E-state index contributed by atoms with van der Waals surface area (Å²) in [4.78, 5) is 12.5. The largest absolute Gasteiger partial charge is 0.508 e. The first-order valence-corrected chi connectivity index (χ1v) is 7.37. The molecule has 0 heterocycles. The molecule has 1 amide bonds. The van der Waals surface area contributed by atoms with Crippen LogP contribution in [0.4, 0.5) is 5.69 Å². The van der Waals surface area contributed by atoms with Gasteiger partial charge in [0.05, 0.1) is 0 Å². The van der Waals surface area contributed by atoms with E-state index < -0.39 is 0 Å². The first kappa shape index (κ1) is 13.7. The van der Waals surface area contributed by atoms with E-state index in [-0.39, 0.29) is 11.7 Å². The van der Waals surface area contributed by atoms with Gasteiger partial charge in [0.25, 0.3) is 5.91 Å². The summed E-state index contributed by atoms with van der Waals surface area (Å²) in [5.74, 6) is -0.0138. The van der Waals surface area contributed by atoms with Gasteiger partial charge in [-0.25, -0.2) is 0 Å². The molecule has 1 aliphatic rings. The van der Waals surface area contributed by atoms with E-state index in [1.807, 2.05) is 12.1 Å². The molecule has 21 heavy (non-hydrogen) atoms. The Morgan fingerprint density at radius 1 is 1.10 bits per heavy atom. The van der Waals surface area contributed by atoms with E-state index in [9.17, 15) is 9.90 Å². The summed E-state index contributed by atoms with van der Waals surface area (Å²) >= 11 is 0. The lowest BCUT2D eigenvalue weighted by Crippen LogP contribution is -2.16. The van der Waals surface area contributed by atoms with Gasteiger partial charge in [-0.3, -0.25) is 4.79 Å². The van der Waals surface area contributed by atoms with Crippen molar-refractivity contribution in [2.24, 2.45) is 0 Å². The maximum Gasteiger partial charge on any atom is 0.256 e. The van der Waals surface area contributed by atoms with Crippen molar-refractivity contribution in [2.45, 2.75) is 32.6 Å². The second-order valence-electron chi connectivity index (χ2n) is 5.55. The number of rotatable bonds is 2. The van der Waals surface area contributed by atoms with Crippen molar-refractivity contribution in [3.8, 4) is 5.75 Å². The van der Waals surface area contributed by atoms with Gasteiger partial charge in [0.15, 0.2) is 0 Å². The van der Waals surface area contributed by atoms with Crippen LogP contribution < -0.4 is 5.32 Å². The summed E-state index contributed by atoms with van der Waals surface area (Å²) in [5, 5.41) is 12.7. The molecule has 2 aromatic carbocycles. The molecule has 0 bridgehead atoms. The quantitative estimate of drug-likeness (QED) is 0.879. The number of nitrogens with one attached hydrogen (secondary N) is 1. The minimum Gasteiger partial charge on any atom is -0.508 e. The third-order valence-electron chi connectivity index (χ3n) is 4.19. The fraction of sp³-hybridized carbons (Fsp3) is 0.278. The van der Waals surface area contributed by atoms with E-state index in [0.29, 0.717) is 11.1 Å². The lowest BCUT2D eigenvalue weighted by atomic mass is 9.90. The van der Waals surface area contributed by atoms with Crippen LogP contribution >= 0.6 is 0 Å². The van der Waals surface area contributed by atoms with Crippen LogP contribution in [0.15, 0.2) is 36.4 Å². The van der Waals surface area contributed by atoms with Crippen molar-refractivity contribution in [3.63, 3.8) is 0 Å². The molecule has 0 spiro atoms. The number of aryl methyl sites for hydroxylation is 1. The molecule has 0 saturated heterocycles. The molecule has 3 nitrogen and oxygen atoms in total. The Hall–Kier alpha value is -2.29. The molecular weight excluding hydrogens is 262 g/mol. The van der Waals surface area contributed by atoms with E-state index in [4.69, 9.17) is 0 Å². The van der Waals surface area contributed by atoms with E-state index >= 15 is 0 Å². The topological polar surface area (TPSA) is 49.3 Å². The number of carbonyl (C=O) groups is 1. The van der Waals surface area contributed by atoms with E-state index in [1.165, 1.54) is 24.0 Å². The van der Waals surface area contributed by atoms with Crippen LogP contribution in [0.5, 0.6) is 5.75 Å². The van der Waals surface area contributed by atoms with Gasteiger partial charge in [-0.15, -0.1) is 0 Å². The minimum absolute atomic E-state index is 0.151. The first-order valence-electron chi connectivity index (χ1n) is 7.37. The van der Waals surface area contributed by atoms with E-state index in [2.05, 4.69) is 11.4 Å². The number of benzene rings is 2. The standard InChI is InChI=1S/C18H19NO2/c1-12-14(9-5-11-17(12)20)18(21)19-16-10-4-7-13-6-2-3-8-15(13)16/h4-5,7,9-11,20H,2-3,6,8H2,1H3,(H,19,21). The highest BCUT2D eigenvalue weighted by Crippen LogP contribution is 2.28. The molecular formula is C18H19NO2. The molecule has 0 fully saturated rings. The average Bonchev–Trinajstić information content (AvgIpc) is 2.50. The summed E-state index contributed by atoms with van der Waals surface area (Å²) in [6.07, 6.45) is 4.50. The van der Waals surface area contributed by atoms with Gasteiger partial charge in [0.1, 0.15) is 5.75 Å². The van der Waals surface area contributed by atoms with Crippen LogP contribution in [0.2, 0.25) is 0 Å². The Labute approximate surface area is 124 Å². The predicted molar refractivity (Wildman–Crippen MR) is 83.9 cm³/mol.